The highest BCUT2D eigenvalue weighted by atomic mass is 16.6. The van der Waals surface area contributed by atoms with Crippen molar-refractivity contribution in [2.24, 2.45) is 5.92 Å². The lowest BCUT2D eigenvalue weighted by Gasteiger charge is -2.32. The van der Waals surface area contributed by atoms with Crippen LogP contribution in [0, 0.1) is 16.0 Å². The number of fused-ring (bicyclic) bond motifs is 1. The van der Waals surface area contributed by atoms with E-state index < -0.39 is 4.92 Å². The zero-order valence-corrected chi connectivity index (χ0v) is 14.9. The third-order valence-corrected chi connectivity index (χ3v) is 5.00. The molecule has 1 N–H and O–H groups in total. The van der Waals surface area contributed by atoms with E-state index in [2.05, 4.69) is 22.4 Å². The van der Waals surface area contributed by atoms with Crippen molar-refractivity contribution in [3.8, 4) is 0 Å². The average Bonchev–Trinajstić information content (AvgIpc) is 2.72. The number of nitro groups is 1. The van der Waals surface area contributed by atoms with Gasteiger partial charge in [0.25, 0.3) is 5.69 Å². The molecule has 0 bridgehead atoms. The van der Waals surface area contributed by atoms with Gasteiger partial charge >= 0.3 is 0 Å². The van der Waals surface area contributed by atoms with Crippen LogP contribution in [0.5, 0.6) is 0 Å². The Morgan fingerprint density at radius 2 is 2.00 bits per heavy atom. The van der Waals surface area contributed by atoms with Crippen molar-refractivity contribution in [2.75, 3.05) is 18.5 Å². The summed E-state index contributed by atoms with van der Waals surface area (Å²) in [5.41, 5.74) is 2.03. The number of ether oxygens (including phenoxy) is 1. The minimum atomic E-state index is -0.390. The van der Waals surface area contributed by atoms with Crippen LogP contribution in [0.3, 0.4) is 0 Å². The monoisotopic (exact) mass is 363 g/mol. The van der Waals surface area contributed by atoms with Crippen molar-refractivity contribution in [3.05, 3.63) is 76.3 Å². The highest BCUT2D eigenvalue weighted by Gasteiger charge is 2.27. The molecule has 2 aromatic carbocycles. The molecule has 1 aromatic heterocycles. The smallest absolute Gasteiger partial charge is 0.270 e. The lowest BCUT2D eigenvalue weighted by molar-refractivity contribution is -0.384. The lowest BCUT2D eigenvalue weighted by atomic mass is 9.89. The van der Waals surface area contributed by atoms with Crippen LogP contribution in [0.15, 0.2) is 60.7 Å². The Morgan fingerprint density at radius 1 is 1.15 bits per heavy atom. The Balaban J connectivity index is 1.48. The van der Waals surface area contributed by atoms with Crippen LogP contribution in [0.1, 0.15) is 24.5 Å². The SMILES string of the molecule is O=[N+]([O-])c1ccc2nc(NCC3CCCOC3c3ccccc3)ccc2c1. The fraction of sp³-hybridized carbons (Fsp3) is 0.286. The summed E-state index contributed by atoms with van der Waals surface area (Å²) in [6, 6.07) is 18.8. The van der Waals surface area contributed by atoms with Crippen molar-refractivity contribution in [1.82, 2.24) is 4.98 Å². The quantitative estimate of drug-likeness (QED) is 0.524. The van der Waals surface area contributed by atoms with Gasteiger partial charge in [0, 0.05) is 36.6 Å². The Bertz CT molecular complexity index is 946. The minimum Gasteiger partial charge on any atom is -0.373 e. The Hall–Kier alpha value is -2.99. The molecular weight excluding hydrogens is 342 g/mol. The topological polar surface area (TPSA) is 77.3 Å². The number of nitrogens with zero attached hydrogens (tertiary/aromatic N) is 2. The van der Waals surface area contributed by atoms with Crippen LogP contribution in [-0.2, 0) is 4.74 Å². The maximum Gasteiger partial charge on any atom is 0.270 e. The van der Waals surface area contributed by atoms with Gasteiger partial charge in [-0.25, -0.2) is 4.98 Å². The summed E-state index contributed by atoms with van der Waals surface area (Å²) in [5, 5.41) is 15.1. The molecule has 1 fully saturated rings. The molecule has 2 atom stereocenters. The lowest BCUT2D eigenvalue weighted by Crippen LogP contribution is -2.28. The normalized spacial score (nSPS) is 19.7. The fourth-order valence-corrected chi connectivity index (χ4v) is 3.62. The molecule has 0 spiro atoms. The molecule has 1 aliphatic rings. The summed E-state index contributed by atoms with van der Waals surface area (Å²) in [6.45, 7) is 1.56. The number of pyridine rings is 1. The summed E-state index contributed by atoms with van der Waals surface area (Å²) in [4.78, 5) is 15.1. The van der Waals surface area contributed by atoms with Gasteiger partial charge in [0.2, 0.25) is 0 Å². The molecule has 138 valence electrons. The van der Waals surface area contributed by atoms with E-state index in [1.807, 2.05) is 30.3 Å². The second-order valence-corrected chi connectivity index (χ2v) is 6.82. The van der Waals surface area contributed by atoms with Crippen molar-refractivity contribution in [3.63, 3.8) is 0 Å². The Labute approximate surface area is 157 Å². The molecule has 0 amide bonds. The van der Waals surface area contributed by atoms with Gasteiger partial charge < -0.3 is 10.1 Å². The molecular formula is C21H21N3O3. The van der Waals surface area contributed by atoms with E-state index in [0.717, 1.165) is 42.7 Å². The summed E-state index contributed by atoms with van der Waals surface area (Å²) in [7, 11) is 0. The first-order valence-corrected chi connectivity index (χ1v) is 9.16. The number of anilines is 1. The number of benzene rings is 2. The third kappa shape index (κ3) is 3.90. The molecule has 0 aliphatic carbocycles. The van der Waals surface area contributed by atoms with E-state index in [9.17, 15) is 10.1 Å². The van der Waals surface area contributed by atoms with Crippen molar-refractivity contribution in [1.29, 1.82) is 0 Å². The second kappa shape index (κ2) is 7.72. The van der Waals surface area contributed by atoms with E-state index in [4.69, 9.17) is 4.74 Å². The number of hydrogen-bond acceptors (Lipinski definition) is 5. The summed E-state index contributed by atoms with van der Waals surface area (Å²) >= 11 is 0. The van der Waals surface area contributed by atoms with Gasteiger partial charge in [-0.2, -0.15) is 0 Å². The molecule has 6 heteroatoms. The molecule has 0 radical (unpaired) electrons. The average molecular weight is 363 g/mol. The van der Waals surface area contributed by atoms with Gasteiger partial charge in [-0.05, 0) is 36.6 Å². The molecule has 0 saturated carbocycles. The van der Waals surface area contributed by atoms with Gasteiger partial charge in [0.05, 0.1) is 16.5 Å². The molecule has 1 aliphatic heterocycles. The number of rotatable bonds is 5. The van der Waals surface area contributed by atoms with Gasteiger partial charge in [-0.15, -0.1) is 0 Å². The van der Waals surface area contributed by atoms with Crippen LogP contribution >= 0.6 is 0 Å². The summed E-state index contributed by atoms with van der Waals surface area (Å²) in [6.07, 6.45) is 2.26. The molecule has 2 unspecified atom stereocenters. The van der Waals surface area contributed by atoms with Crippen LogP contribution in [0.25, 0.3) is 10.9 Å². The van der Waals surface area contributed by atoms with Crippen LogP contribution < -0.4 is 5.32 Å². The molecule has 4 rings (SSSR count). The maximum absolute atomic E-state index is 10.9. The number of aromatic nitrogens is 1. The second-order valence-electron chi connectivity index (χ2n) is 6.82. The third-order valence-electron chi connectivity index (χ3n) is 5.00. The Kier molecular flexibility index (Phi) is 4.98. The first-order valence-electron chi connectivity index (χ1n) is 9.16. The molecule has 6 nitrogen and oxygen atoms in total. The fourth-order valence-electron chi connectivity index (χ4n) is 3.62. The summed E-state index contributed by atoms with van der Waals surface area (Å²) < 4.78 is 6.05. The molecule has 27 heavy (non-hydrogen) atoms. The zero-order chi connectivity index (χ0) is 18.6. The molecule has 3 aromatic rings. The van der Waals surface area contributed by atoms with Crippen LogP contribution in [0.2, 0.25) is 0 Å². The molecule has 2 heterocycles. The van der Waals surface area contributed by atoms with E-state index in [0.29, 0.717) is 5.92 Å². The largest absolute Gasteiger partial charge is 0.373 e. The van der Waals surface area contributed by atoms with Gasteiger partial charge in [-0.1, -0.05) is 30.3 Å². The predicted molar refractivity (Wildman–Crippen MR) is 105 cm³/mol. The predicted octanol–water partition coefficient (Wildman–Crippen LogP) is 4.72. The van der Waals surface area contributed by atoms with Crippen LogP contribution in [-0.4, -0.2) is 23.1 Å². The summed E-state index contributed by atoms with van der Waals surface area (Å²) in [5.74, 6) is 1.14. The maximum atomic E-state index is 10.9. The Morgan fingerprint density at radius 3 is 2.81 bits per heavy atom. The highest BCUT2D eigenvalue weighted by molar-refractivity contribution is 5.82. The number of non-ortho nitro benzene ring substituents is 1. The van der Waals surface area contributed by atoms with Gasteiger partial charge in [-0.3, -0.25) is 10.1 Å². The zero-order valence-electron chi connectivity index (χ0n) is 14.9. The standard InChI is InChI=1S/C21H21N3O3/c25-24(26)18-9-10-19-16(13-18)8-11-20(23-19)22-14-17-7-4-12-27-21(17)15-5-2-1-3-6-15/h1-3,5-6,8-11,13,17,21H,4,7,12,14H2,(H,22,23). The number of nitro benzene ring substituents is 1. The molecule has 1 saturated heterocycles. The number of nitrogens with one attached hydrogen (secondary N) is 1. The first-order chi connectivity index (χ1) is 13.2. The minimum absolute atomic E-state index is 0.0788. The number of hydrogen-bond donors (Lipinski definition) is 1. The van der Waals surface area contributed by atoms with E-state index in [-0.39, 0.29) is 11.8 Å². The van der Waals surface area contributed by atoms with Gasteiger partial charge in [0.1, 0.15) is 5.82 Å². The van der Waals surface area contributed by atoms with Crippen molar-refractivity contribution in [2.45, 2.75) is 18.9 Å². The van der Waals surface area contributed by atoms with Crippen molar-refractivity contribution < 1.29 is 9.66 Å². The highest BCUT2D eigenvalue weighted by Crippen LogP contribution is 2.33. The van der Waals surface area contributed by atoms with Crippen molar-refractivity contribution >= 4 is 22.4 Å². The van der Waals surface area contributed by atoms with E-state index in [1.54, 1.807) is 12.1 Å². The van der Waals surface area contributed by atoms with E-state index >= 15 is 0 Å². The van der Waals surface area contributed by atoms with Crippen LogP contribution in [0.4, 0.5) is 11.5 Å². The van der Waals surface area contributed by atoms with E-state index in [1.165, 1.54) is 11.6 Å². The van der Waals surface area contributed by atoms with Gasteiger partial charge in [0.15, 0.2) is 0 Å². The first kappa shape index (κ1) is 17.4.